The van der Waals surface area contributed by atoms with Crippen LogP contribution < -0.4 is 5.32 Å². The van der Waals surface area contributed by atoms with Crippen LogP contribution in [0.1, 0.15) is 29.3 Å². The Morgan fingerprint density at radius 1 is 1.50 bits per heavy atom. The van der Waals surface area contributed by atoms with Gasteiger partial charge in [0, 0.05) is 33.3 Å². The highest BCUT2D eigenvalue weighted by Crippen LogP contribution is 2.18. The Balaban J connectivity index is 2.62. The van der Waals surface area contributed by atoms with Crippen LogP contribution in [0.5, 0.6) is 0 Å². The summed E-state index contributed by atoms with van der Waals surface area (Å²) < 4.78 is 11.8. The molecule has 1 N–H and O–H groups in total. The lowest BCUT2D eigenvalue weighted by Crippen LogP contribution is -2.33. The maximum absolute atomic E-state index is 12.0. The summed E-state index contributed by atoms with van der Waals surface area (Å²) in [6.07, 6.45) is 2.39. The molecule has 0 spiro atoms. The summed E-state index contributed by atoms with van der Waals surface area (Å²) in [5.41, 5.74) is 1.73. The van der Waals surface area contributed by atoms with Crippen molar-refractivity contribution in [1.82, 2.24) is 5.32 Å². The molecule has 0 aromatic heterocycles. The molecule has 1 aromatic carbocycles. The second-order valence-corrected chi connectivity index (χ2v) is 6.83. The number of hydrogen-bond acceptors (Lipinski definition) is 2. The fourth-order valence-electron chi connectivity index (χ4n) is 1.52. The molecule has 2 unspecified atom stereocenters. The number of hydrogen-bond donors (Lipinski definition) is 1. The molecule has 1 aromatic rings. The van der Waals surface area contributed by atoms with Crippen molar-refractivity contribution in [3.63, 3.8) is 0 Å². The van der Waals surface area contributed by atoms with Crippen molar-refractivity contribution in [2.75, 3.05) is 12.0 Å². The van der Waals surface area contributed by atoms with Gasteiger partial charge in [0.1, 0.15) is 0 Å². The third-order valence-corrected chi connectivity index (χ3v) is 4.05. The molecule has 0 aliphatic carbocycles. The minimum Gasteiger partial charge on any atom is -0.350 e. The fourth-order valence-corrected chi connectivity index (χ4v) is 2.88. The molecule has 100 valence electrons. The van der Waals surface area contributed by atoms with Crippen molar-refractivity contribution in [2.45, 2.75) is 26.3 Å². The number of halogens is 1. The van der Waals surface area contributed by atoms with Gasteiger partial charge < -0.3 is 5.32 Å². The molecule has 1 amide bonds. The molecule has 1 rings (SSSR count). The first-order chi connectivity index (χ1) is 8.40. The number of amides is 1. The zero-order valence-electron chi connectivity index (χ0n) is 10.8. The van der Waals surface area contributed by atoms with E-state index in [1.54, 1.807) is 12.3 Å². The maximum atomic E-state index is 12.0. The molecule has 0 saturated heterocycles. The second kappa shape index (κ2) is 7.04. The Bertz CT molecular complexity index is 462. The summed E-state index contributed by atoms with van der Waals surface area (Å²) in [4.78, 5) is 12.0. The van der Waals surface area contributed by atoms with E-state index in [0.717, 1.165) is 16.5 Å². The van der Waals surface area contributed by atoms with E-state index in [-0.39, 0.29) is 11.9 Å². The van der Waals surface area contributed by atoms with Crippen LogP contribution in [0.3, 0.4) is 0 Å². The van der Waals surface area contributed by atoms with E-state index in [1.807, 2.05) is 26.0 Å². The molecule has 2 atom stereocenters. The fraction of sp³-hybridized carbons (Fsp3) is 0.462. The molecule has 0 aliphatic heterocycles. The smallest absolute Gasteiger partial charge is 0.252 e. The predicted molar refractivity (Wildman–Crippen MR) is 79.4 cm³/mol. The third kappa shape index (κ3) is 4.90. The minimum absolute atomic E-state index is 0.0228. The Morgan fingerprint density at radius 2 is 2.17 bits per heavy atom. The van der Waals surface area contributed by atoms with Crippen molar-refractivity contribution in [3.8, 4) is 0 Å². The van der Waals surface area contributed by atoms with E-state index in [1.165, 1.54) is 0 Å². The molecule has 5 heteroatoms. The van der Waals surface area contributed by atoms with Crippen molar-refractivity contribution >= 4 is 32.6 Å². The minimum atomic E-state index is -0.814. The number of carbonyl (C=O) groups excluding carboxylic acids is 1. The van der Waals surface area contributed by atoms with Gasteiger partial charge in [0.2, 0.25) is 0 Å². The zero-order chi connectivity index (χ0) is 13.7. The topological polar surface area (TPSA) is 46.2 Å². The van der Waals surface area contributed by atoms with E-state index in [4.69, 9.17) is 0 Å². The van der Waals surface area contributed by atoms with Crippen molar-refractivity contribution in [3.05, 3.63) is 33.8 Å². The van der Waals surface area contributed by atoms with Crippen molar-refractivity contribution in [1.29, 1.82) is 0 Å². The largest absolute Gasteiger partial charge is 0.350 e. The second-order valence-electron chi connectivity index (χ2n) is 4.42. The highest BCUT2D eigenvalue weighted by Gasteiger charge is 2.12. The van der Waals surface area contributed by atoms with Crippen LogP contribution in [0.2, 0.25) is 0 Å². The highest BCUT2D eigenvalue weighted by molar-refractivity contribution is 9.10. The van der Waals surface area contributed by atoms with Gasteiger partial charge in [0.05, 0.1) is 5.56 Å². The van der Waals surface area contributed by atoms with Gasteiger partial charge in [0.15, 0.2) is 0 Å². The van der Waals surface area contributed by atoms with E-state index in [9.17, 15) is 9.00 Å². The molecular formula is C13H18BrNO2S. The first-order valence-electron chi connectivity index (χ1n) is 5.77. The van der Waals surface area contributed by atoms with Crippen molar-refractivity contribution in [2.24, 2.45) is 0 Å². The normalized spacial score (nSPS) is 14.0. The molecule has 0 aliphatic rings. The molecule has 0 heterocycles. The number of carbonyl (C=O) groups is 1. The molecule has 0 radical (unpaired) electrons. The SMILES string of the molecule is Cc1ccc(C(=O)NC(C)CCS(C)=O)c(Br)c1. The Labute approximate surface area is 119 Å². The molecule has 0 fully saturated rings. The van der Waals surface area contributed by atoms with Crippen molar-refractivity contribution < 1.29 is 9.00 Å². The van der Waals surface area contributed by atoms with Crippen LogP contribution in [0.4, 0.5) is 0 Å². The summed E-state index contributed by atoms with van der Waals surface area (Å²) in [5.74, 6) is 0.507. The van der Waals surface area contributed by atoms with E-state index in [2.05, 4.69) is 21.2 Å². The van der Waals surface area contributed by atoms with Gasteiger partial charge >= 0.3 is 0 Å². The van der Waals surface area contributed by atoms with Gasteiger partial charge in [-0.1, -0.05) is 6.07 Å². The lowest BCUT2D eigenvalue weighted by Gasteiger charge is -2.14. The average Bonchev–Trinajstić information content (AvgIpc) is 2.26. The Kier molecular flexibility index (Phi) is 6.02. The summed E-state index contributed by atoms with van der Waals surface area (Å²) in [7, 11) is -0.814. The van der Waals surface area contributed by atoms with E-state index < -0.39 is 10.8 Å². The monoisotopic (exact) mass is 331 g/mol. The van der Waals surface area contributed by atoms with Crippen LogP contribution in [-0.2, 0) is 10.8 Å². The Morgan fingerprint density at radius 3 is 2.72 bits per heavy atom. The van der Waals surface area contributed by atoms with Crippen LogP contribution in [0.15, 0.2) is 22.7 Å². The third-order valence-electron chi connectivity index (χ3n) is 2.59. The lowest BCUT2D eigenvalue weighted by molar-refractivity contribution is 0.0938. The van der Waals surface area contributed by atoms with Gasteiger partial charge in [-0.15, -0.1) is 0 Å². The summed E-state index contributed by atoms with van der Waals surface area (Å²) in [5, 5.41) is 2.91. The summed E-state index contributed by atoms with van der Waals surface area (Å²) >= 11 is 3.39. The Hall–Kier alpha value is -0.680. The first kappa shape index (κ1) is 15.4. The van der Waals surface area contributed by atoms with Gasteiger partial charge in [0.25, 0.3) is 5.91 Å². The lowest BCUT2D eigenvalue weighted by atomic mass is 10.1. The number of benzene rings is 1. The maximum Gasteiger partial charge on any atom is 0.252 e. The average molecular weight is 332 g/mol. The summed E-state index contributed by atoms with van der Waals surface area (Å²) in [6.45, 7) is 3.90. The molecular weight excluding hydrogens is 314 g/mol. The molecule has 0 saturated carbocycles. The van der Waals surface area contributed by atoms with Crippen LogP contribution >= 0.6 is 15.9 Å². The van der Waals surface area contributed by atoms with Crippen LogP contribution in [0.25, 0.3) is 0 Å². The van der Waals surface area contributed by atoms with E-state index >= 15 is 0 Å². The van der Waals surface area contributed by atoms with Gasteiger partial charge in [-0.3, -0.25) is 9.00 Å². The molecule has 0 bridgehead atoms. The zero-order valence-corrected chi connectivity index (χ0v) is 13.2. The van der Waals surface area contributed by atoms with Gasteiger partial charge in [-0.2, -0.15) is 0 Å². The standard InChI is InChI=1S/C13H18BrNO2S/c1-9-4-5-11(12(14)8-9)13(16)15-10(2)6-7-18(3)17/h4-5,8,10H,6-7H2,1-3H3,(H,15,16). The quantitative estimate of drug-likeness (QED) is 0.901. The highest BCUT2D eigenvalue weighted by atomic mass is 79.9. The first-order valence-corrected chi connectivity index (χ1v) is 8.29. The molecule has 3 nitrogen and oxygen atoms in total. The van der Waals surface area contributed by atoms with Gasteiger partial charge in [-0.25, -0.2) is 0 Å². The van der Waals surface area contributed by atoms with Crippen LogP contribution in [-0.4, -0.2) is 28.2 Å². The predicted octanol–water partition coefficient (Wildman–Crippen LogP) is 2.64. The van der Waals surface area contributed by atoms with Gasteiger partial charge in [-0.05, 0) is 53.9 Å². The van der Waals surface area contributed by atoms with Crippen LogP contribution in [0, 0.1) is 6.92 Å². The van der Waals surface area contributed by atoms with E-state index in [0.29, 0.717) is 11.3 Å². The number of rotatable bonds is 5. The summed E-state index contributed by atoms with van der Waals surface area (Å²) in [6, 6.07) is 5.65. The molecule has 18 heavy (non-hydrogen) atoms. The number of nitrogens with one attached hydrogen (secondary N) is 1. The number of aryl methyl sites for hydroxylation is 1.